The molecule has 0 atom stereocenters. The second-order valence-electron chi connectivity index (χ2n) is 25.1. The first kappa shape index (κ1) is 41.6. The number of anilines is 9. The molecule has 2 aliphatic heterocycles. The Morgan fingerprint density at radius 1 is 0.386 bits per heavy atom. The van der Waals surface area contributed by atoms with Gasteiger partial charge >= 0.3 is 0 Å². The Bertz CT molecular complexity index is 4930. The summed E-state index contributed by atoms with van der Waals surface area (Å²) in [6.07, 6.45) is 0. The molecule has 11 aromatic carbocycles. The molecule has 3 heterocycles. The Kier molecular flexibility index (Phi) is 9.89. The number of benzene rings is 11. The molecule has 83 heavy (non-hydrogen) atoms. The van der Waals surface area contributed by atoms with Crippen LogP contribution in [-0.4, -0.2) is 6.71 Å². The Hall–Kier alpha value is -9.32. The fourth-order valence-electron chi connectivity index (χ4n) is 12.3. The molecule has 2 aliphatic rings. The van der Waals surface area contributed by atoms with Gasteiger partial charge < -0.3 is 19.1 Å². The first-order valence-electron chi connectivity index (χ1n) is 33.5. The van der Waals surface area contributed by atoms with Gasteiger partial charge in [0.15, 0.2) is 0 Å². The van der Waals surface area contributed by atoms with Crippen LogP contribution in [0.2, 0.25) is 0 Å². The minimum atomic E-state index is -0.499. The number of hydrogen-bond donors (Lipinski definition) is 0. The zero-order chi connectivity index (χ0) is 65.6. The van der Waals surface area contributed by atoms with Gasteiger partial charge in [0.2, 0.25) is 0 Å². The summed E-state index contributed by atoms with van der Waals surface area (Å²) in [5.41, 5.74) is 18.3. The van der Waals surface area contributed by atoms with Gasteiger partial charge in [0.05, 0.1) is 13.7 Å². The lowest BCUT2D eigenvalue weighted by atomic mass is 9.33. The summed E-state index contributed by atoms with van der Waals surface area (Å²) in [7, 11) is 0. The third-order valence-electron chi connectivity index (χ3n) is 16.7. The summed E-state index contributed by atoms with van der Waals surface area (Å²) >= 11 is 0. The lowest BCUT2D eigenvalue weighted by Crippen LogP contribution is -2.61. The smallest absolute Gasteiger partial charge is 0.252 e. The first-order chi connectivity index (χ1) is 44.2. The maximum absolute atomic E-state index is 9.29. The lowest BCUT2D eigenvalue weighted by Gasteiger charge is -2.45. The molecule has 0 spiro atoms. The topological polar surface area (TPSA) is 22.9 Å². The van der Waals surface area contributed by atoms with E-state index in [1.807, 2.05) is 48.5 Å². The van der Waals surface area contributed by atoms with E-state index in [9.17, 15) is 2.74 Å². The Balaban J connectivity index is 1.05. The van der Waals surface area contributed by atoms with Crippen molar-refractivity contribution in [2.45, 2.75) is 78.6 Å². The molecule has 0 saturated heterocycles. The second kappa shape index (κ2) is 19.7. The standard InChI is InChI=1S/C78H68BN3O/c1-76(2,3)56-32-40-59(41-33-56)80(60-42-34-57(35-43-60)77(4,5)6)63-44-45-67-70(50-63)82(62-38-29-54(30-39-62)64-24-18-25-66-65-23-16-17-26-73(65)83-75(64)66)72-49-58(78(7,8)9)48-71-74(72)79(67)68-47-55(52-21-14-11-15-22-52)31-46-69(68)81(71)61-36-27-53(28-37-61)51-19-12-10-13-20-51/h10-50H,1-9H3/i10D,11D,12D,13D,14D,15D,19D,20D,21D,22D. The molecule has 0 bridgehead atoms. The third-order valence-corrected chi connectivity index (χ3v) is 16.7. The van der Waals surface area contributed by atoms with Crippen LogP contribution in [0.1, 0.15) is 92.7 Å². The molecule has 4 nitrogen and oxygen atoms in total. The van der Waals surface area contributed by atoms with Gasteiger partial charge in [-0.2, -0.15) is 0 Å². The van der Waals surface area contributed by atoms with Gasteiger partial charge in [0.25, 0.3) is 6.71 Å². The van der Waals surface area contributed by atoms with E-state index >= 15 is 0 Å². The van der Waals surface area contributed by atoms with Gasteiger partial charge in [0.1, 0.15) is 11.2 Å². The first-order valence-corrected chi connectivity index (χ1v) is 28.5. The molecule has 0 fully saturated rings. The minimum Gasteiger partial charge on any atom is -0.455 e. The summed E-state index contributed by atoms with van der Waals surface area (Å²) < 4.78 is 94.6. The fourth-order valence-corrected chi connectivity index (χ4v) is 12.3. The highest BCUT2D eigenvalue weighted by Gasteiger charge is 2.45. The van der Waals surface area contributed by atoms with Crippen LogP contribution < -0.4 is 31.1 Å². The van der Waals surface area contributed by atoms with Crippen LogP contribution in [0.15, 0.2) is 253 Å². The predicted molar refractivity (Wildman–Crippen MR) is 355 cm³/mol. The summed E-state index contributed by atoms with van der Waals surface area (Å²) in [6, 6.07) is 61.5. The van der Waals surface area contributed by atoms with E-state index in [0.29, 0.717) is 11.1 Å². The highest BCUT2D eigenvalue weighted by atomic mass is 16.3. The van der Waals surface area contributed by atoms with Crippen LogP contribution in [0.5, 0.6) is 0 Å². The van der Waals surface area contributed by atoms with Crippen molar-refractivity contribution in [3.63, 3.8) is 0 Å². The highest BCUT2D eigenvalue weighted by Crippen LogP contribution is 2.49. The molecule has 12 aromatic rings. The average molecular weight is 1080 g/mol. The van der Waals surface area contributed by atoms with Gasteiger partial charge in [-0.1, -0.05) is 226 Å². The molecular formula is C78H68BN3O. The summed E-state index contributed by atoms with van der Waals surface area (Å²) in [6.45, 7) is 19.5. The van der Waals surface area contributed by atoms with Gasteiger partial charge in [0, 0.05) is 67.5 Å². The predicted octanol–water partition coefficient (Wildman–Crippen LogP) is 20.0. The number of fused-ring (bicyclic) bond motifs is 7. The van der Waals surface area contributed by atoms with Crippen LogP contribution in [0.3, 0.4) is 0 Å². The van der Waals surface area contributed by atoms with Crippen LogP contribution in [-0.2, 0) is 16.2 Å². The largest absolute Gasteiger partial charge is 0.455 e. The number of rotatable bonds is 8. The van der Waals surface area contributed by atoms with Crippen molar-refractivity contribution in [2.24, 2.45) is 0 Å². The van der Waals surface area contributed by atoms with E-state index in [1.165, 1.54) is 11.1 Å². The van der Waals surface area contributed by atoms with E-state index < -0.39 is 48.4 Å². The maximum Gasteiger partial charge on any atom is 0.252 e. The molecule has 0 aliphatic carbocycles. The monoisotopic (exact) mass is 1080 g/mol. The minimum absolute atomic E-state index is 0.0812. The van der Waals surface area contributed by atoms with Crippen molar-refractivity contribution in [1.82, 2.24) is 0 Å². The number of furan rings is 1. The molecule has 404 valence electrons. The van der Waals surface area contributed by atoms with Crippen molar-refractivity contribution in [1.29, 1.82) is 0 Å². The number of hydrogen-bond acceptors (Lipinski definition) is 4. The van der Waals surface area contributed by atoms with Crippen molar-refractivity contribution >= 4 is 96.2 Å². The quantitative estimate of drug-likeness (QED) is 0.141. The lowest BCUT2D eigenvalue weighted by molar-refractivity contribution is 0.590. The molecule has 1 aromatic heterocycles. The zero-order valence-corrected chi connectivity index (χ0v) is 48.2. The zero-order valence-electron chi connectivity index (χ0n) is 58.2. The average Bonchev–Trinajstić information content (AvgIpc) is 1.16. The van der Waals surface area contributed by atoms with E-state index in [-0.39, 0.29) is 46.1 Å². The fraction of sp³-hybridized carbons (Fsp3) is 0.154. The van der Waals surface area contributed by atoms with Crippen LogP contribution in [0, 0.1) is 0 Å². The summed E-state index contributed by atoms with van der Waals surface area (Å²) in [5, 5.41) is 2.09. The maximum atomic E-state index is 9.29. The van der Waals surface area contributed by atoms with Crippen molar-refractivity contribution < 1.29 is 18.1 Å². The normalized spacial score (nSPS) is 14.7. The van der Waals surface area contributed by atoms with Gasteiger partial charge in [-0.05, 0) is 162 Å². The molecule has 0 unspecified atom stereocenters. The molecular weight excluding hydrogens is 1010 g/mol. The molecule has 14 rings (SSSR count). The Morgan fingerprint density at radius 2 is 0.892 bits per heavy atom. The van der Waals surface area contributed by atoms with Crippen LogP contribution in [0.25, 0.3) is 55.3 Å². The SMILES string of the molecule is [2H]c1c([2H])c([2H])c(-c2ccc(N3c4ccc(-c5c([2H])c([2H])c([2H])c([2H])c5[2H])cc4B4c5ccc(N(c6ccc(C(C)(C)C)cc6)c6ccc(C(C)(C)C)cc6)cc5N(c5ccc(-c6cccc7c6oc6ccccc67)cc5)c5cc(C(C)(C)C)cc3c54)cc2)c([2H])c1[2H]. The van der Waals surface area contributed by atoms with E-state index in [2.05, 4.69) is 204 Å². The van der Waals surface area contributed by atoms with E-state index in [4.69, 9.17) is 15.4 Å². The molecule has 0 saturated carbocycles. The van der Waals surface area contributed by atoms with Crippen LogP contribution >= 0.6 is 0 Å². The third kappa shape index (κ3) is 9.11. The summed E-state index contributed by atoms with van der Waals surface area (Å²) in [4.78, 5) is 6.90. The summed E-state index contributed by atoms with van der Waals surface area (Å²) in [5.74, 6) is 0. The van der Waals surface area contributed by atoms with Gasteiger partial charge in [-0.25, -0.2) is 0 Å². The van der Waals surface area contributed by atoms with E-state index in [1.54, 1.807) is 12.1 Å². The molecule has 0 N–H and O–H groups in total. The van der Waals surface area contributed by atoms with Crippen molar-refractivity contribution in [3.05, 3.63) is 265 Å². The molecule has 0 amide bonds. The van der Waals surface area contributed by atoms with Crippen LogP contribution in [0.4, 0.5) is 51.2 Å². The number of nitrogens with zero attached hydrogens (tertiary/aromatic N) is 3. The molecule has 5 heteroatoms. The van der Waals surface area contributed by atoms with E-state index in [0.717, 1.165) is 106 Å². The molecule has 0 radical (unpaired) electrons. The Labute approximate surface area is 504 Å². The van der Waals surface area contributed by atoms with Crippen molar-refractivity contribution in [3.8, 4) is 33.4 Å². The van der Waals surface area contributed by atoms with Gasteiger partial charge in [-0.15, -0.1) is 0 Å². The Morgan fingerprint density at radius 3 is 1.47 bits per heavy atom. The highest BCUT2D eigenvalue weighted by molar-refractivity contribution is 7.00. The van der Waals surface area contributed by atoms with Gasteiger partial charge in [-0.3, -0.25) is 0 Å². The number of para-hydroxylation sites is 2. The second-order valence-corrected chi connectivity index (χ2v) is 25.1. The van der Waals surface area contributed by atoms with Crippen molar-refractivity contribution in [2.75, 3.05) is 14.7 Å².